The van der Waals surface area contributed by atoms with Crippen LogP contribution in [-0.4, -0.2) is 42.9 Å². The smallest absolute Gasteiger partial charge is 0.243 e. The molecule has 0 saturated carbocycles. The number of anilines is 1. The number of hydrogen-bond acceptors (Lipinski definition) is 5. The van der Waals surface area contributed by atoms with E-state index >= 15 is 0 Å². The highest BCUT2D eigenvalue weighted by Crippen LogP contribution is 2.27. The molecule has 4 N–H and O–H groups in total. The normalized spacial score (nSPS) is 19.9. The van der Waals surface area contributed by atoms with Crippen molar-refractivity contribution in [1.29, 1.82) is 0 Å². The molecule has 0 radical (unpaired) electrons. The first-order valence-electron chi connectivity index (χ1n) is 6.16. The Morgan fingerprint density at radius 1 is 1.50 bits per heavy atom. The number of carbonyl (C=O) groups is 1. The summed E-state index contributed by atoms with van der Waals surface area (Å²) < 4.78 is 26.1. The molecule has 1 aliphatic heterocycles. The maximum absolute atomic E-state index is 12.4. The Bertz CT molecular complexity index is 630. The fraction of sp³-hybridized carbons (Fsp3) is 0.417. The number of phenolic OH excluding ortho intramolecular Hbond substituents is 1. The second kappa shape index (κ2) is 5.29. The molecule has 1 atom stereocenters. The number of nitrogens with zero attached hydrogens (tertiary/aromatic N) is 1. The number of aromatic hydroxyl groups is 1. The number of nitrogen functional groups attached to an aromatic ring is 1. The van der Waals surface area contributed by atoms with E-state index in [-0.39, 0.29) is 34.8 Å². The van der Waals surface area contributed by atoms with Gasteiger partial charge in [0.2, 0.25) is 15.9 Å². The van der Waals surface area contributed by atoms with E-state index < -0.39 is 10.0 Å². The molecule has 1 heterocycles. The number of hydrogen-bond donors (Lipinski definition) is 3. The van der Waals surface area contributed by atoms with E-state index in [9.17, 15) is 18.3 Å². The third-order valence-corrected chi connectivity index (χ3v) is 5.06. The number of amides is 1. The van der Waals surface area contributed by atoms with Gasteiger partial charge in [0.15, 0.2) is 0 Å². The van der Waals surface area contributed by atoms with Crippen LogP contribution in [0.3, 0.4) is 0 Å². The molecule has 0 aliphatic carbocycles. The number of benzene rings is 1. The number of rotatable bonds is 3. The highest BCUT2D eigenvalue weighted by Gasteiger charge is 2.33. The van der Waals surface area contributed by atoms with Crippen LogP contribution < -0.4 is 11.1 Å². The van der Waals surface area contributed by atoms with Crippen LogP contribution in [0.2, 0.25) is 0 Å². The van der Waals surface area contributed by atoms with Crippen molar-refractivity contribution in [3.05, 3.63) is 18.2 Å². The molecule has 0 spiro atoms. The minimum absolute atomic E-state index is 0.0173. The van der Waals surface area contributed by atoms with Crippen LogP contribution in [0.5, 0.6) is 5.75 Å². The zero-order valence-corrected chi connectivity index (χ0v) is 11.9. The van der Waals surface area contributed by atoms with Crippen LogP contribution in [-0.2, 0) is 14.8 Å². The molecule has 1 amide bonds. The molecule has 2 rings (SSSR count). The molecule has 1 unspecified atom stereocenters. The first kappa shape index (κ1) is 14.6. The maximum Gasteiger partial charge on any atom is 0.243 e. The summed E-state index contributed by atoms with van der Waals surface area (Å²) in [5.74, 6) is -0.329. The van der Waals surface area contributed by atoms with Gasteiger partial charge in [-0.05, 0) is 24.6 Å². The third-order valence-electron chi connectivity index (χ3n) is 3.20. The first-order valence-corrected chi connectivity index (χ1v) is 7.60. The van der Waals surface area contributed by atoms with Crippen LogP contribution in [0.4, 0.5) is 5.69 Å². The van der Waals surface area contributed by atoms with Crippen molar-refractivity contribution in [2.75, 3.05) is 18.8 Å². The molecule has 8 heteroatoms. The summed E-state index contributed by atoms with van der Waals surface area (Å²) in [5, 5.41) is 12.0. The second-order valence-electron chi connectivity index (χ2n) is 4.77. The lowest BCUT2D eigenvalue weighted by atomic mass is 10.3. The lowest BCUT2D eigenvalue weighted by Gasteiger charge is -2.17. The molecular formula is C12H17N3O4S. The van der Waals surface area contributed by atoms with Gasteiger partial charge < -0.3 is 16.2 Å². The molecular weight excluding hydrogens is 282 g/mol. The quantitative estimate of drug-likeness (QED) is 0.532. The van der Waals surface area contributed by atoms with Gasteiger partial charge in [0, 0.05) is 26.1 Å². The molecule has 1 aliphatic rings. The lowest BCUT2D eigenvalue weighted by molar-refractivity contribution is -0.119. The van der Waals surface area contributed by atoms with E-state index in [1.165, 1.54) is 29.4 Å². The summed E-state index contributed by atoms with van der Waals surface area (Å²) in [6, 6.07) is 3.63. The zero-order chi connectivity index (χ0) is 14.9. The number of nitrogens with one attached hydrogen (secondary N) is 1. The van der Waals surface area contributed by atoms with Crippen LogP contribution >= 0.6 is 0 Å². The topological polar surface area (TPSA) is 113 Å². The second-order valence-corrected chi connectivity index (χ2v) is 6.71. The van der Waals surface area contributed by atoms with Crippen LogP contribution in [0.1, 0.15) is 13.3 Å². The Hall–Kier alpha value is -1.80. The number of phenols is 1. The van der Waals surface area contributed by atoms with Crippen molar-refractivity contribution in [2.24, 2.45) is 0 Å². The van der Waals surface area contributed by atoms with E-state index in [2.05, 4.69) is 5.32 Å². The zero-order valence-electron chi connectivity index (χ0n) is 11.0. The van der Waals surface area contributed by atoms with E-state index in [0.29, 0.717) is 13.0 Å². The van der Waals surface area contributed by atoms with Crippen molar-refractivity contribution in [2.45, 2.75) is 24.3 Å². The lowest BCUT2D eigenvalue weighted by Crippen LogP contribution is -2.37. The monoisotopic (exact) mass is 299 g/mol. The van der Waals surface area contributed by atoms with E-state index in [1.54, 1.807) is 0 Å². The molecule has 7 nitrogen and oxygen atoms in total. The summed E-state index contributed by atoms with van der Waals surface area (Å²) >= 11 is 0. The fourth-order valence-corrected chi connectivity index (χ4v) is 3.73. The molecule has 1 aromatic carbocycles. The summed E-state index contributed by atoms with van der Waals surface area (Å²) in [6.45, 7) is 1.98. The highest BCUT2D eigenvalue weighted by molar-refractivity contribution is 7.89. The summed E-state index contributed by atoms with van der Waals surface area (Å²) in [7, 11) is -3.66. The Labute approximate surface area is 117 Å². The van der Waals surface area contributed by atoms with E-state index in [1.807, 2.05) is 0 Å². The van der Waals surface area contributed by atoms with Gasteiger partial charge in [-0.2, -0.15) is 4.31 Å². The number of sulfonamides is 1. The van der Waals surface area contributed by atoms with Gasteiger partial charge in [0.1, 0.15) is 5.75 Å². The van der Waals surface area contributed by atoms with Crippen LogP contribution in [0.25, 0.3) is 0 Å². The molecule has 1 fully saturated rings. The summed E-state index contributed by atoms with van der Waals surface area (Å²) in [4.78, 5) is 11.0. The largest absolute Gasteiger partial charge is 0.506 e. The van der Waals surface area contributed by atoms with Crippen molar-refractivity contribution in [1.82, 2.24) is 9.62 Å². The van der Waals surface area contributed by atoms with E-state index in [0.717, 1.165) is 0 Å². The highest BCUT2D eigenvalue weighted by atomic mass is 32.2. The van der Waals surface area contributed by atoms with Gasteiger partial charge in [-0.1, -0.05) is 0 Å². The van der Waals surface area contributed by atoms with Crippen molar-refractivity contribution in [3.8, 4) is 5.75 Å². The van der Waals surface area contributed by atoms with Crippen molar-refractivity contribution < 1.29 is 18.3 Å². The van der Waals surface area contributed by atoms with Crippen molar-refractivity contribution in [3.63, 3.8) is 0 Å². The number of carbonyl (C=O) groups excluding carboxylic acids is 1. The molecule has 0 bridgehead atoms. The van der Waals surface area contributed by atoms with Gasteiger partial charge in [0.05, 0.1) is 10.6 Å². The molecule has 1 saturated heterocycles. The average molecular weight is 299 g/mol. The minimum atomic E-state index is -3.66. The number of nitrogens with two attached hydrogens (primary N) is 1. The third kappa shape index (κ3) is 2.86. The molecule has 0 aromatic heterocycles. The van der Waals surface area contributed by atoms with E-state index in [4.69, 9.17) is 5.73 Å². The van der Waals surface area contributed by atoms with Gasteiger partial charge in [-0.15, -0.1) is 0 Å². The Kier molecular flexibility index (Phi) is 3.87. The standard InChI is InChI=1S/C12H17N3O4S/c1-8(16)14-9-4-5-15(7-9)20(18,19)10-2-3-12(17)11(13)6-10/h2-3,6,9,17H,4-5,7,13H2,1H3,(H,14,16). The Morgan fingerprint density at radius 2 is 2.20 bits per heavy atom. The van der Waals surface area contributed by atoms with Gasteiger partial charge in [0.25, 0.3) is 0 Å². The fourth-order valence-electron chi connectivity index (χ4n) is 2.19. The average Bonchev–Trinajstić information content (AvgIpc) is 2.80. The van der Waals surface area contributed by atoms with Gasteiger partial charge in [-0.25, -0.2) is 8.42 Å². The Morgan fingerprint density at radius 3 is 2.80 bits per heavy atom. The first-order chi connectivity index (χ1) is 9.30. The van der Waals surface area contributed by atoms with Crippen LogP contribution in [0, 0.1) is 0 Å². The minimum Gasteiger partial charge on any atom is -0.506 e. The summed E-state index contributed by atoms with van der Waals surface area (Å²) in [5.41, 5.74) is 5.54. The predicted molar refractivity (Wildman–Crippen MR) is 73.5 cm³/mol. The SMILES string of the molecule is CC(=O)NC1CCN(S(=O)(=O)c2ccc(O)c(N)c2)C1. The van der Waals surface area contributed by atoms with Gasteiger partial charge >= 0.3 is 0 Å². The predicted octanol–water partition coefficient (Wildman–Crippen LogP) is -0.126. The van der Waals surface area contributed by atoms with Gasteiger partial charge in [-0.3, -0.25) is 4.79 Å². The van der Waals surface area contributed by atoms with Crippen molar-refractivity contribution >= 4 is 21.6 Å². The maximum atomic E-state index is 12.4. The summed E-state index contributed by atoms with van der Waals surface area (Å²) in [6.07, 6.45) is 0.576. The Balaban J connectivity index is 2.19. The van der Waals surface area contributed by atoms with Crippen LogP contribution in [0.15, 0.2) is 23.1 Å². The molecule has 1 aromatic rings. The molecule has 20 heavy (non-hydrogen) atoms. The molecule has 110 valence electrons.